The van der Waals surface area contributed by atoms with Gasteiger partial charge in [0.1, 0.15) is 17.3 Å². The fraction of sp³-hybridized carbons (Fsp3) is 0.326. The number of alkyl halides is 6. The largest absolute Gasteiger partial charge is 0.507 e. The summed E-state index contributed by atoms with van der Waals surface area (Å²) in [6.45, 7) is 5.20. The van der Waals surface area contributed by atoms with Crippen molar-refractivity contribution in [3.63, 3.8) is 0 Å². The Balaban J connectivity index is 1.15. The molecule has 4 aliphatic rings. The molecule has 0 unspecified atom stereocenters. The van der Waals surface area contributed by atoms with Gasteiger partial charge in [-0.1, -0.05) is 41.4 Å². The molecule has 1 N–H and O–H groups in total. The Hall–Kier alpha value is -5.48. The van der Waals surface area contributed by atoms with Crippen molar-refractivity contribution in [3.05, 3.63) is 105 Å². The smallest absolute Gasteiger partial charge is 0.416 e. The Morgan fingerprint density at radius 3 is 2.22 bits per heavy atom. The number of benzene rings is 3. The van der Waals surface area contributed by atoms with Gasteiger partial charge in [-0.25, -0.2) is 9.80 Å². The number of phenolic OH excluding ortho intramolecular Hbond substituents is 1. The summed E-state index contributed by atoms with van der Waals surface area (Å²) in [4.78, 5) is 60.7. The zero-order chi connectivity index (χ0) is 43.1. The van der Waals surface area contributed by atoms with Crippen LogP contribution in [0.3, 0.4) is 0 Å². The van der Waals surface area contributed by atoms with Crippen LogP contribution in [-0.2, 0) is 38.6 Å². The third kappa shape index (κ3) is 5.69. The predicted molar refractivity (Wildman–Crippen MR) is 210 cm³/mol. The van der Waals surface area contributed by atoms with Crippen LogP contribution in [0.1, 0.15) is 53.5 Å². The summed E-state index contributed by atoms with van der Waals surface area (Å²) >= 11 is 7.74. The predicted octanol–water partition coefficient (Wildman–Crippen LogP) is 9.75. The van der Waals surface area contributed by atoms with Crippen LogP contribution in [-0.4, -0.2) is 38.5 Å². The highest BCUT2D eigenvalue weighted by Crippen LogP contribution is 2.65. The number of thiophene rings is 1. The highest BCUT2D eigenvalue weighted by atomic mass is 35.5. The number of halogens is 7. The second-order valence-electron chi connectivity index (χ2n) is 16.2. The van der Waals surface area contributed by atoms with Gasteiger partial charge in [-0.15, -0.1) is 11.3 Å². The number of nitrogens with zero attached hydrogens (tertiary/aromatic N) is 4. The second-order valence-corrected chi connectivity index (χ2v) is 17.6. The van der Waals surface area contributed by atoms with E-state index in [4.69, 9.17) is 16.7 Å². The van der Waals surface area contributed by atoms with Gasteiger partial charge in [0, 0.05) is 34.3 Å². The van der Waals surface area contributed by atoms with Gasteiger partial charge in [-0.3, -0.25) is 23.9 Å². The van der Waals surface area contributed by atoms with Crippen molar-refractivity contribution < 1.29 is 50.6 Å². The first-order valence-corrected chi connectivity index (χ1v) is 20.1. The van der Waals surface area contributed by atoms with E-state index in [1.807, 2.05) is 19.1 Å². The van der Waals surface area contributed by atoms with Crippen molar-refractivity contribution >= 4 is 68.2 Å². The van der Waals surface area contributed by atoms with Crippen LogP contribution in [0.2, 0.25) is 5.02 Å². The molecule has 1 saturated carbocycles. The topological polar surface area (TPSA) is 113 Å². The van der Waals surface area contributed by atoms with Crippen LogP contribution in [0.25, 0.3) is 20.7 Å². The van der Waals surface area contributed by atoms with E-state index in [0.717, 1.165) is 25.4 Å². The van der Waals surface area contributed by atoms with Gasteiger partial charge < -0.3 is 5.11 Å². The molecule has 5 aromatic rings. The minimum absolute atomic E-state index is 0.0819. The first-order valence-electron chi connectivity index (χ1n) is 18.9. The number of imide groups is 2. The molecule has 4 heterocycles. The van der Waals surface area contributed by atoms with Crippen molar-refractivity contribution in [2.45, 2.75) is 51.9 Å². The number of hydrogen-bond acceptors (Lipinski definition) is 7. The zero-order valence-corrected chi connectivity index (χ0v) is 33.6. The van der Waals surface area contributed by atoms with E-state index in [-0.39, 0.29) is 36.0 Å². The maximum absolute atomic E-state index is 15.1. The molecule has 9 rings (SSSR count). The Bertz CT molecular complexity index is 2740. The van der Waals surface area contributed by atoms with Gasteiger partial charge >= 0.3 is 12.4 Å². The third-order valence-electron chi connectivity index (χ3n) is 12.9. The van der Waals surface area contributed by atoms with Crippen LogP contribution in [0.15, 0.2) is 72.3 Å². The second kappa shape index (κ2) is 13.3. The van der Waals surface area contributed by atoms with Crippen LogP contribution in [0.4, 0.5) is 37.8 Å². The number of aryl methyl sites for hydroxylation is 3. The molecule has 4 amide bonds. The lowest BCUT2D eigenvalue weighted by Crippen LogP contribution is -2.49. The molecular weight excluding hydrogens is 834 g/mol. The summed E-state index contributed by atoms with van der Waals surface area (Å²) < 4.78 is 85.9. The number of aromatic hydroxyl groups is 1. The summed E-state index contributed by atoms with van der Waals surface area (Å²) in [5, 5.41) is 17.7. The number of aromatic nitrogens is 2. The molecule has 6 atom stereocenters. The average molecular weight is 867 g/mol. The minimum Gasteiger partial charge on any atom is -0.507 e. The number of phenols is 1. The molecule has 60 heavy (non-hydrogen) atoms. The molecule has 3 aromatic carbocycles. The van der Waals surface area contributed by atoms with Gasteiger partial charge in [-0.2, -0.15) is 31.4 Å². The van der Waals surface area contributed by atoms with Crippen molar-refractivity contribution in [3.8, 4) is 16.3 Å². The first kappa shape index (κ1) is 40.0. The average Bonchev–Trinajstić information content (AvgIpc) is 3.85. The lowest BCUT2D eigenvalue weighted by molar-refractivity contribution is -0.143. The van der Waals surface area contributed by atoms with Crippen LogP contribution in [0.5, 0.6) is 5.75 Å². The van der Waals surface area contributed by atoms with E-state index >= 15 is 4.79 Å². The van der Waals surface area contributed by atoms with E-state index in [1.54, 1.807) is 57.3 Å². The normalized spacial score (nSPS) is 25.6. The van der Waals surface area contributed by atoms with Crippen LogP contribution < -0.4 is 9.80 Å². The first-order chi connectivity index (χ1) is 28.1. The number of hydrogen-bond donors (Lipinski definition) is 1. The number of amides is 4. The van der Waals surface area contributed by atoms with E-state index in [9.17, 15) is 45.8 Å². The lowest BCUT2D eigenvalue weighted by atomic mass is 9.51. The summed E-state index contributed by atoms with van der Waals surface area (Å²) in [6, 6.07) is 12.7. The minimum atomic E-state index is -5.24. The monoisotopic (exact) mass is 866 g/mol. The number of rotatable bonds is 4. The SMILES string of the molecule is Cc1cccc([C@H]2C3=CC[C@@H]4C(=O)N(c5cc(C(F)(F)F)cc(C(F)(F)F)c5)C(=O)[C@@H]4[C@@H]3C[C@H]3C(=O)N(c4cc(-c5sc6ccc(Cl)cc6c5C)nn4C)C(=O)[C@@]23C)c1O. The molecular formula is C43H33ClF6N4O5S. The van der Waals surface area contributed by atoms with Gasteiger partial charge in [-0.05, 0) is 92.4 Å². The molecule has 9 nitrogen and oxygen atoms in total. The Labute approximate surface area is 346 Å². The van der Waals surface area contributed by atoms with E-state index in [0.29, 0.717) is 38.9 Å². The summed E-state index contributed by atoms with van der Waals surface area (Å²) in [6.07, 6.45) is -9.09. The van der Waals surface area contributed by atoms with E-state index in [2.05, 4.69) is 0 Å². The van der Waals surface area contributed by atoms with E-state index in [1.165, 1.54) is 16.0 Å². The summed E-state index contributed by atoms with van der Waals surface area (Å²) in [7, 11) is 1.59. The van der Waals surface area contributed by atoms with Crippen molar-refractivity contribution in [1.29, 1.82) is 0 Å². The fourth-order valence-corrected chi connectivity index (χ4v) is 11.3. The number of para-hydroxylation sites is 1. The standard InChI is InChI=1S/C43H33ClF6N4O5S/c1-18-6-5-7-26(35(18)55)34-24-9-10-25-33(39(58)53(37(25)56)23-13-20(42(45,46)47)12-21(14-23)43(48,49)50)28(24)16-29-38(57)54(40(59)41(29,34)3)32-17-30(51-52(32)4)36-19(2)27-15-22(44)8-11-31(27)60-36/h5-9,11-15,17,25,28-29,33-34,55H,10,16H2,1-4H3/t25-,28+,29-,33-,34+,41+/m0/s1. The van der Waals surface area contributed by atoms with Crippen LogP contribution >= 0.6 is 22.9 Å². The molecule has 2 saturated heterocycles. The quantitative estimate of drug-likeness (QED) is 0.109. The molecule has 3 fully saturated rings. The number of allylic oxidation sites excluding steroid dienone is 2. The maximum Gasteiger partial charge on any atom is 0.416 e. The summed E-state index contributed by atoms with van der Waals surface area (Å²) in [5.74, 6) is -8.86. The molecule has 0 radical (unpaired) electrons. The molecule has 17 heteroatoms. The van der Waals surface area contributed by atoms with Gasteiger partial charge in [0.2, 0.25) is 23.6 Å². The molecule has 0 spiro atoms. The van der Waals surface area contributed by atoms with Crippen molar-refractivity contribution in [1.82, 2.24) is 9.78 Å². The van der Waals surface area contributed by atoms with Gasteiger partial charge in [0.15, 0.2) is 0 Å². The zero-order valence-electron chi connectivity index (χ0n) is 32.1. The number of anilines is 2. The molecule has 310 valence electrons. The molecule has 2 aliphatic heterocycles. The van der Waals surface area contributed by atoms with Gasteiger partial charge in [0.05, 0.1) is 44.9 Å². The van der Waals surface area contributed by atoms with Crippen molar-refractivity contribution in [2.75, 3.05) is 9.80 Å². The third-order valence-corrected chi connectivity index (χ3v) is 14.4. The maximum atomic E-state index is 15.1. The Morgan fingerprint density at radius 2 is 1.55 bits per heavy atom. The highest BCUT2D eigenvalue weighted by Gasteiger charge is 2.68. The van der Waals surface area contributed by atoms with Crippen molar-refractivity contribution in [2.24, 2.45) is 36.1 Å². The molecule has 0 bridgehead atoms. The van der Waals surface area contributed by atoms with Crippen LogP contribution in [0, 0.1) is 42.9 Å². The lowest BCUT2D eigenvalue weighted by Gasteiger charge is -2.49. The number of carbonyl (C=O) groups excluding carboxylic acids is 4. The van der Waals surface area contributed by atoms with Gasteiger partial charge in [0.25, 0.3) is 0 Å². The molecule has 2 aliphatic carbocycles. The number of carbonyl (C=O) groups is 4. The molecule has 2 aromatic heterocycles. The fourth-order valence-electron chi connectivity index (χ4n) is 10.0. The number of fused-ring (bicyclic) bond motifs is 5. The van der Waals surface area contributed by atoms with E-state index < -0.39 is 87.8 Å². The Morgan fingerprint density at radius 1 is 0.867 bits per heavy atom. The summed E-state index contributed by atoms with van der Waals surface area (Å²) in [5.41, 5.74) is -3.23. The Kier molecular flexibility index (Phi) is 8.83. The highest BCUT2D eigenvalue weighted by molar-refractivity contribution is 7.22.